The molecule has 1 aromatic carbocycles. The zero-order valence-electron chi connectivity index (χ0n) is 18.5. The Hall–Kier alpha value is -2.41. The topological polar surface area (TPSA) is 37.7 Å². The summed E-state index contributed by atoms with van der Waals surface area (Å²) in [6.45, 7) is 5.89. The number of amides is 1. The van der Waals surface area contributed by atoms with Crippen LogP contribution in [0.2, 0.25) is 0 Å². The Labute approximate surface area is 193 Å². The first-order valence-electron chi connectivity index (χ1n) is 11.7. The summed E-state index contributed by atoms with van der Waals surface area (Å²) in [5, 5.41) is 3.28. The van der Waals surface area contributed by atoms with Gasteiger partial charge in [-0.1, -0.05) is 42.5 Å². The van der Waals surface area contributed by atoms with Crippen molar-refractivity contribution >= 4 is 33.5 Å². The predicted octanol–water partition coefficient (Wildman–Crippen LogP) is 4.74. The highest BCUT2D eigenvalue weighted by molar-refractivity contribution is 7.16. The van der Waals surface area contributed by atoms with Gasteiger partial charge in [0.15, 0.2) is 0 Å². The number of carbonyl (C=O) groups is 1. The Balaban J connectivity index is 1.22. The molecular weight excluding hydrogens is 418 g/mol. The van der Waals surface area contributed by atoms with E-state index in [1.807, 2.05) is 11.0 Å². The third-order valence-electron chi connectivity index (χ3n) is 6.51. The van der Waals surface area contributed by atoms with Crippen molar-refractivity contribution in [2.45, 2.75) is 31.9 Å². The standard InChI is InChI=1S/C26H31N3O2S/c30-25(28-15-13-27(14-16-28)12-6-9-21-7-2-1-3-8-21)24-19-22-11-18-32-26(22)29(24)20-23-10-4-5-17-31-23/h1-3,6-9,11,18-19,23H,4-5,10,12-17,20H2/b9-6+. The molecule has 1 amide bonds. The number of hydrogen-bond acceptors (Lipinski definition) is 4. The van der Waals surface area contributed by atoms with Crippen molar-refractivity contribution in [2.75, 3.05) is 39.3 Å². The van der Waals surface area contributed by atoms with E-state index in [1.54, 1.807) is 11.3 Å². The quantitative estimate of drug-likeness (QED) is 0.545. The summed E-state index contributed by atoms with van der Waals surface area (Å²) in [5.74, 6) is 0.156. The van der Waals surface area contributed by atoms with Gasteiger partial charge in [-0.15, -0.1) is 11.3 Å². The van der Waals surface area contributed by atoms with Gasteiger partial charge in [0.05, 0.1) is 12.6 Å². The summed E-state index contributed by atoms with van der Waals surface area (Å²) in [7, 11) is 0. The fourth-order valence-corrected chi connectivity index (χ4v) is 5.59. The summed E-state index contributed by atoms with van der Waals surface area (Å²) < 4.78 is 8.20. The fourth-order valence-electron chi connectivity index (χ4n) is 4.69. The van der Waals surface area contributed by atoms with Crippen molar-refractivity contribution in [3.63, 3.8) is 0 Å². The number of hydrogen-bond donors (Lipinski definition) is 0. The second-order valence-corrected chi connectivity index (χ2v) is 9.61. The molecule has 0 N–H and O–H groups in total. The van der Waals surface area contributed by atoms with Crippen molar-refractivity contribution in [1.29, 1.82) is 0 Å². The minimum absolute atomic E-state index is 0.156. The van der Waals surface area contributed by atoms with Crippen molar-refractivity contribution in [2.24, 2.45) is 0 Å². The van der Waals surface area contributed by atoms with Gasteiger partial charge in [0.25, 0.3) is 5.91 Å². The van der Waals surface area contributed by atoms with Crippen LogP contribution in [0.25, 0.3) is 16.3 Å². The summed E-state index contributed by atoms with van der Waals surface area (Å²) in [4.78, 5) is 19.1. The van der Waals surface area contributed by atoms with Crippen LogP contribution in [0.3, 0.4) is 0 Å². The smallest absolute Gasteiger partial charge is 0.270 e. The van der Waals surface area contributed by atoms with Gasteiger partial charge in [0.2, 0.25) is 0 Å². The van der Waals surface area contributed by atoms with Crippen LogP contribution in [0.5, 0.6) is 0 Å². The molecule has 2 fully saturated rings. The van der Waals surface area contributed by atoms with E-state index in [4.69, 9.17) is 4.74 Å². The molecule has 2 saturated heterocycles. The molecule has 0 radical (unpaired) electrons. The molecule has 4 heterocycles. The summed E-state index contributed by atoms with van der Waals surface area (Å²) in [6.07, 6.45) is 8.03. The number of piperazine rings is 1. The minimum Gasteiger partial charge on any atom is -0.376 e. The van der Waals surface area contributed by atoms with E-state index in [0.29, 0.717) is 0 Å². The zero-order valence-corrected chi connectivity index (χ0v) is 19.3. The second kappa shape index (κ2) is 10.0. The van der Waals surface area contributed by atoms with Crippen LogP contribution >= 0.6 is 11.3 Å². The Kier molecular flexibility index (Phi) is 6.72. The molecule has 1 atom stereocenters. The van der Waals surface area contributed by atoms with E-state index >= 15 is 0 Å². The molecule has 0 aliphatic carbocycles. The monoisotopic (exact) mass is 449 g/mol. The summed E-state index contributed by atoms with van der Waals surface area (Å²) in [6, 6.07) is 14.6. The highest BCUT2D eigenvalue weighted by Crippen LogP contribution is 2.28. The summed E-state index contributed by atoms with van der Waals surface area (Å²) >= 11 is 1.72. The molecule has 2 aliphatic heterocycles. The minimum atomic E-state index is 0.156. The van der Waals surface area contributed by atoms with Gasteiger partial charge < -0.3 is 14.2 Å². The van der Waals surface area contributed by atoms with Crippen molar-refractivity contribution in [3.8, 4) is 0 Å². The van der Waals surface area contributed by atoms with Crippen LogP contribution in [0, 0.1) is 0 Å². The van der Waals surface area contributed by atoms with Crippen LogP contribution in [0.1, 0.15) is 35.3 Å². The number of rotatable bonds is 6. The van der Waals surface area contributed by atoms with Gasteiger partial charge in [-0.25, -0.2) is 0 Å². The maximum Gasteiger partial charge on any atom is 0.270 e. The van der Waals surface area contributed by atoms with Crippen molar-refractivity contribution in [3.05, 3.63) is 65.2 Å². The first kappa shape index (κ1) is 21.4. The first-order chi connectivity index (χ1) is 15.8. The van der Waals surface area contributed by atoms with Crippen LogP contribution in [-0.4, -0.2) is 65.7 Å². The first-order valence-corrected chi connectivity index (χ1v) is 12.6. The number of carbonyl (C=O) groups excluding carboxylic acids is 1. The maximum atomic E-state index is 13.5. The Morgan fingerprint density at radius 2 is 1.94 bits per heavy atom. The number of aromatic nitrogens is 1. The lowest BCUT2D eigenvalue weighted by Gasteiger charge is -2.34. The molecule has 0 saturated carbocycles. The van der Waals surface area contributed by atoms with Gasteiger partial charge >= 0.3 is 0 Å². The van der Waals surface area contributed by atoms with E-state index in [9.17, 15) is 4.79 Å². The lowest BCUT2D eigenvalue weighted by Crippen LogP contribution is -2.49. The van der Waals surface area contributed by atoms with E-state index in [2.05, 4.69) is 63.4 Å². The molecule has 5 nitrogen and oxygen atoms in total. The largest absolute Gasteiger partial charge is 0.376 e. The Morgan fingerprint density at radius 1 is 1.09 bits per heavy atom. The molecule has 5 rings (SSSR count). The number of thiophene rings is 1. The zero-order chi connectivity index (χ0) is 21.8. The molecule has 168 valence electrons. The van der Waals surface area contributed by atoms with E-state index in [-0.39, 0.29) is 12.0 Å². The maximum absolute atomic E-state index is 13.5. The Bertz CT molecular complexity index is 1060. The molecule has 6 heteroatoms. The number of nitrogens with zero attached hydrogens (tertiary/aromatic N) is 3. The molecule has 2 aliphatic rings. The van der Waals surface area contributed by atoms with Gasteiger partial charge in [0, 0.05) is 44.7 Å². The third-order valence-corrected chi connectivity index (χ3v) is 7.47. The average molecular weight is 450 g/mol. The number of benzene rings is 1. The van der Waals surface area contributed by atoms with Gasteiger partial charge in [0.1, 0.15) is 10.5 Å². The van der Waals surface area contributed by atoms with E-state index in [1.165, 1.54) is 22.2 Å². The molecule has 0 spiro atoms. The van der Waals surface area contributed by atoms with Gasteiger partial charge in [-0.05, 0) is 42.3 Å². The lowest BCUT2D eigenvalue weighted by molar-refractivity contribution is 0.00619. The molecular formula is C26H31N3O2S. The highest BCUT2D eigenvalue weighted by Gasteiger charge is 2.27. The Morgan fingerprint density at radius 3 is 2.72 bits per heavy atom. The molecule has 1 unspecified atom stereocenters. The van der Waals surface area contributed by atoms with Crippen molar-refractivity contribution in [1.82, 2.24) is 14.4 Å². The normalized spacial score (nSPS) is 20.4. The van der Waals surface area contributed by atoms with E-state index in [0.717, 1.165) is 64.4 Å². The van der Waals surface area contributed by atoms with Crippen LogP contribution in [0.15, 0.2) is 53.9 Å². The predicted molar refractivity (Wildman–Crippen MR) is 131 cm³/mol. The molecule has 3 aromatic rings. The van der Waals surface area contributed by atoms with Gasteiger partial charge in [-0.2, -0.15) is 0 Å². The number of ether oxygens (including phenoxy) is 1. The second-order valence-electron chi connectivity index (χ2n) is 8.72. The van der Waals surface area contributed by atoms with Crippen LogP contribution < -0.4 is 0 Å². The SMILES string of the molecule is O=C(c1cc2ccsc2n1CC1CCCCO1)N1CCN(C/C=C/c2ccccc2)CC1. The van der Waals surface area contributed by atoms with Crippen molar-refractivity contribution < 1.29 is 9.53 Å². The lowest BCUT2D eigenvalue weighted by atomic mass is 10.1. The summed E-state index contributed by atoms with van der Waals surface area (Å²) in [5.41, 5.74) is 2.04. The fraction of sp³-hybridized carbons (Fsp3) is 0.423. The average Bonchev–Trinajstić information content (AvgIpc) is 3.43. The van der Waals surface area contributed by atoms with Gasteiger partial charge in [-0.3, -0.25) is 9.69 Å². The highest BCUT2D eigenvalue weighted by atomic mass is 32.1. The molecule has 0 bridgehead atoms. The van der Waals surface area contributed by atoms with E-state index < -0.39 is 0 Å². The molecule has 2 aromatic heterocycles. The van der Waals surface area contributed by atoms with Crippen LogP contribution in [0.4, 0.5) is 0 Å². The third kappa shape index (κ3) is 4.82. The van der Waals surface area contributed by atoms with Crippen LogP contribution in [-0.2, 0) is 11.3 Å². The molecule has 32 heavy (non-hydrogen) atoms. The number of fused-ring (bicyclic) bond motifs is 1.